The second-order valence-electron chi connectivity index (χ2n) is 6.89. The molecule has 4 rings (SSSR count). The Hall–Kier alpha value is -3.26. The van der Waals surface area contributed by atoms with Gasteiger partial charge >= 0.3 is 6.03 Å². The van der Waals surface area contributed by atoms with Crippen molar-refractivity contribution in [2.45, 2.75) is 19.3 Å². The molecular formula is C22H22FN5OS. The number of nitrogens with zero attached hydrogens (tertiary/aromatic N) is 3. The van der Waals surface area contributed by atoms with E-state index in [1.165, 1.54) is 29.0 Å². The maximum atomic E-state index is 13.4. The van der Waals surface area contributed by atoms with Gasteiger partial charge in [-0.15, -0.1) is 16.4 Å². The summed E-state index contributed by atoms with van der Waals surface area (Å²) in [5.41, 5.74) is 2.87. The minimum Gasteiger partial charge on any atom is -0.338 e. The molecule has 0 saturated heterocycles. The Morgan fingerprint density at radius 3 is 2.70 bits per heavy atom. The van der Waals surface area contributed by atoms with Crippen molar-refractivity contribution in [1.29, 1.82) is 0 Å². The SMILES string of the molecule is O=C(NCCCc1ccccc1)NCCc1csc2nc(-c3cccc(F)c3)nn12. The molecule has 8 heteroatoms. The van der Waals surface area contributed by atoms with Crippen molar-refractivity contribution < 1.29 is 9.18 Å². The number of urea groups is 1. The van der Waals surface area contributed by atoms with Crippen molar-refractivity contribution in [1.82, 2.24) is 25.2 Å². The quantitative estimate of drug-likeness (QED) is 0.420. The number of nitrogens with one attached hydrogen (secondary N) is 2. The first-order valence-corrected chi connectivity index (χ1v) is 10.7. The molecule has 0 aliphatic rings. The number of hydrogen-bond acceptors (Lipinski definition) is 4. The zero-order chi connectivity index (χ0) is 20.8. The van der Waals surface area contributed by atoms with Crippen LogP contribution >= 0.6 is 11.3 Å². The van der Waals surface area contributed by atoms with Crippen LogP contribution in [0.25, 0.3) is 16.3 Å². The minimum atomic E-state index is -0.315. The zero-order valence-corrected chi connectivity index (χ0v) is 17.2. The van der Waals surface area contributed by atoms with Gasteiger partial charge in [-0.2, -0.15) is 4.98 Å². The molecule has 0 fully saturated rings. The first kappa shape index (κ1) is 20.0. The number of carbonyl (C=O) groups excluding carboxylic acids is 1. The maximum Gasteiger partial charge on any atom is 0.314 e. The normalized spacial score (nSPS) is 11.0. The van der Waals surface area contributed by atoms with Gasteiger partial charge in [0.1, 0.15) is 5.82 Å². The lowest BCUT2D eigenvalue weighted by molar-refractivity contribution is 0.241. The first-order chi connectivity index (χ1) is 14.7. The summed E-state index contributed by atoms with van der Waals surface area (Å²) >= 11 is 1.47. The van der Waals surface area contributed by atoms with E-state index >= 15 is 0 Å². The van der Waals surface area contributed by atoms with E-state index in [-0.39, 0.29) is 11.8 Å². The van der Waals surface area contributed by atoms with Crippen LogP contribution in [0.2, 0.25) is 0 Å². The Balaban J connectivity index is 1.24. The number of aryl methyl sites for hydroxylation is 1. The minimum absolute atomic E-state index is 0.173. The zero-order valence-electron chi connectivity index (χ0n) is 16.3. The third-order valence-electron chi connectivity index (χ3n) is 4.67. The third kappa shape index (κ3) is 5.01. The molecule has 0 aliphatic carbocycles. The summed E-state index contributed by atoms with van der Waals surface area (Å²) in [6.07, 6.45) is 2.46. The molecule has 30 heavy (non-hydrogen) atoms. The number of carbonyl (C=O) groups is 1. The summed E-state index contributed by atoms with van der Waals surface area (Å²) in [4.78, 5) is 17.2. The van der Waals surface area contributed by atoms with Crippen LogP contribution in [0.5, 0.6) is 0 Å². The molecule has 154 valence electrons. The Bertz CT molecular complexity index is 1120. The van der Waals surface area contributed by atoms with Crippen LogP contribution in [0, 0.1) is 5.82 Å². The largest absolute Gasteiger partial charge is 0.338 e. The van der Waals surface area contributed by atoms with E-state index in [0.29, 0.717) is 30.9 Å². The number of aromatic nitrogens is 3. The lowest BCUT2D eigenvalue weighted by atomic mass is 10.1. The van der Waals surface area contributed by atoms with Crippen LogP contribution in [0.4, 0.5) is 9.18 Å². The molecule has 2 aromatic carbocycles. The van der Waals surface area contributed by atoms with Gasteiger partial charge in [-0.3, -0.25) is 0 Å². The summed E-state index contributed by atoms with van der Waals surface area (Å²) in [5.74, 6) is 0.177. The van der Waals surface area contributed by atoms with E-state index in [1.54, 1.807) is 16.6 Å². The van der Waals surface area contributed by atoms with Gasteiger partial charge in [-0.05, 0) is 30.5 Å². The fourth-order valence-corrected chi connectivity index (χ4v) is 4.01. The smallest absolute Gasteiger partial charge is 0.314 e. The lowest BCUT2D eigenvalue weighted by Crippen LogP contribution is -2.37. The summed E-state index contributed by atoms with van der Waals surface area (Å²) in [7, 11) is 0. The molecule has 0 spiro atoms. The van der Waals surface area contributed by atoms with Gasteiger partial charge in [0.25, 0.3) is 0 Å². The van der Waals surface area contributed by atoms with Gasteiger partial charge in [0.05, 0.1) is 5.69 Å². The van der Waals surface area contributed by atoms with Crippen LogP contribution in [0.3, 0.4) is 0 Å². The van der Waals surface area contributed by atoms with Crippen LogP contribution < -0.4 is 10.6 Å². The molecule has 2 N–H and O–H groups in total. The van der Waals surface area contributed by atoms with E-state index in [0.717, 1.165) is 23.5 Å². The highest BCUT2D eigenvalue weighted by Crippen LogP contribution is 2.21. The van der Waals surface area contributed by atoms with E-state index in [4.69, 9.17) is 0 Å². The molecule has 0 saturated carbocycles. The molecular weight excluding hydrogens is 401 g/mol. The topological polar surface area (TPSA) is 71.3 Å². The number of thiazole rings is 1. The summed E-state index contributed by atoms with van der Waals surface area (Å²) in [6, 6.07) is 16.3. The number of fused-ring (bicyclic) bond motifs is 1. The highest BCUT2D eigenvalue weighted by atomic mass is 32.1. The number of hydrogen-bond donors (Lipinski definition) is 2. The molecule has 0 radical (unpaired) electrons. The highest BCUT2D eigenvalue weighted by Gasteiger charge is 2.12. The summed E-state index contributed by atoms with van der Waals surface area (Å²) < 4.78 is 15.2. The second-order valence-corrected chi connectivity index (χ2v) is 7.73. The van der Waals surface area contributed by atoms with E-state index in [9.17, 15) is 9.18 Å². The van der Waals surface area contributed by atoms with Crippen molar-refractivity contribution in [2.24, 2.45) is 0 Å². The van der Waals surface area contributed by atoms with Gasteiger partial charge in [0, 0.05) is 30.5 Å². The van der Waals surface area contributed by atoms with Crippen molar-refractivity contribution in [3.05, 3.63) is 77.1 Å². The predicted molar refractivity (Wildman–Crippen MR) is 116 cm³/mol. The van der Waals surface area contributed by atoms with Gasteiger partial charge in [0.15, 0.2) is 5.82 Å². The van der Waals surface area contributed by atoms with E-state index in [1.807, 2.05) is 23.6 Å². The fourth-order valence-electron chi connectivity index (χ4n) is 3.15. The Morgan fingerprint density at radius 2 is 1.87 bits per heavy atom. The molecule has 4 aromatic rings. The molecule has 6 nitrogen and oxygen atoms in total. The van der Waals surface area contributed by atoms with Crippen molar-refractivity contribution in [3.8, 4) is 11.4 Å². The van der Waals surface area contributed by atoms with Gasteiger partial charge in [-0.25, -0.2) is 13.7 Å². The number of amides is 2. The first-order valence-electron chi connectivity index (χ1n) is 9.84. The Labute approximate surface area is 177 Å². The Kier molecular flexibility index (Phi) is 6.34. The maximum absolute atomic E-state index is 13.4. The average molecular weight is 424 g/mol. The Morgan fingerprint density at radius 1 is 1.03 bits per heavy atom. The number of rotatable bonds is 8. The average Bonchev–Trinajstić information content (AvgIpc) is 3.34. The molecule has 0 bridgehead atoms. The monoisotopic (exact) mass is 423 g/mol. The van der Waals surface area contributed by atoms with Crippen molar-refractivity contribution >= 4 is 22.3 Å². The van der Waals surface area contributed by atoms with Gasteiger partial charge in [-0.1, -0.05) is 42.5 Å². The molecule has 0 atom stereocenters. The van der Waals surface area contributed by atoms with Crippen molar-refractivity contribution in [2.75, 3.05) is 13.1 Å². The van der Waals surface area contributed by atoms with E-state index in [2.05, 4.69) is 32.8 Å². The molecule has 0 aliphatic heterocycles. The van der Waals surface area contributed by atoms with Gasteiger partial charge < -0.3 is 10.6 Å². The highest BCUT2D eigenvalue weighted by molar-refractivity contribution is 7.15. The lowest BCUT2D eigenvalue weighted by Gasteiger charge is -2.07. The fraction of sp³-hybridized carbons (Fsp3) is 0.227. The van der Waals surface area contributed by atoms with Crippen LogP contribution in [-0.4, -0.2) is 33.7 Å². The second kappa shape index (κ2) is 9.49. The summed E-state index contributed by atoms with van der Waals surface area (Å²) in [6.45, 7) is 1.12. The molecule has 0 unspecified atom stereocenters. The molecule has 2 aromatic heterocycles. The van der Waals surface area contributed by atoms with Crippen LogP contribution in [-0.2, 0) is 12.8 Å². The standard InChI is InChI=1S/C22H22FN5OS/c23-18-10-4-9-17(14-18)20-26-22-28(27-20)19(15-30-22)11-13-25-21(29)24-12-5-8-16-6-2-1-3-7-16/h1-4,6-7,9-10,14-15H,5,8,11-13H2,(H2,24,25,29). The van der Waals surface area contributed by atoms with Crippen LogP contribution in [0.1, 0.15) is 17.7 Å². The molecule has 2 heterocycles. The van der Waals surface area contributed by atoms with Gasteiger partial charge in [0.2, 0.25) is 4.96 Å². The number of benzene rings is 2. The summed E-state index contributed by atoms with van der Waals surface area (Å²) in [5, 5.41) is 12.2. The van der Waals surface area contributed by atoms with Crippen LogP contribution in [0.15, 0.2) is 60.0 Å². The molecule has 2 amide bonds. The third-order valence-corrected chi connectivity index (χ3v) is 5.53. The number of halogens is 1. The van der Waals surface area contributed by atoms with Crippen molar-refractivity contribution in [3.63, 3.8) is 0 Å². The van der Waals surface area contributed by atoms with E-state index < -0.39 is 0 Å². The predicted octanol–water partition coefficient (Wildman–Crippen LogP) is 4.07.